The first-order chi connectivity index (χ1) is 14.1. The van der Waals surface area contributed by atoms with Gasteiger partial charge in [-0.25, -0.2) is 0 Å². The smallest absolute Gasteiger partial charge is 0.255 e. The van der Waals surface area contributed by atoms with E-state index in [-0.39, 0.29) is 24.1 Å². The van der Waals surface area contributed by atoms with Crippen molar-refractivity contribution in [3.05, 3.63) is 34.9 Å². The van der Waals surface area contributed by atoms with Crippen molar-refractivity contribution >= 4 is 17.7 Å². The van der Waals surface area contributed by atoms with Gasteiger partial charge in [0.15, 0.2) is 0 Å². The second kappa shape index (κ2) is 7.22. The Morgan fingerprint density at radius 1 is 1.17 bits per heavy atom. The van der Waals surface area contributed by atoms with Crippen molar-refractivity contribution < 1.29 is 14.4 Å². The second-order valence-electron chi connectivity index (χ2n) is 8.99. The molecule has 0 aromatic heterocycles. The van der Waals surface area contributed by atoms with Crippen LogP contribution in [-0.2, 0) is 22.7 Å². The van der Waals surface area contributed by atoms with Crippen LogP contribution in [-0.4, -0.2) is 48.3 Å². The van der Waals surface area contributed by atoms with E-state index in [0.29, 0.717) is 23.9 Å². The predicted octanol–water partition coefficient (Wildman–Crippen LogP) is 0.927. The normalized spacial score (nSPS) is 27.9. The Morgan fingerprint density at radius 2 is 2.00 bits per heavy atom. The van der Waals surface area contributed by atoms with Crippen LogP contribution in [0.1, 0.15) is 53.6 Å². The molecule has 3 fully saturated rings. The van der Waals surface area contributed by atoms with Gasteiger partial charge in [-0.3, -0.25) is 19.7 Å². The van der Waals surface area contributed by atoms with E-state index in [1.165, 1.54) is 19.3 Å². The van der Waals surface area contributed by atoms with E-state index in [0.717, 1.165) is 43.2 Å². The number of imide groups is 1. The van der Waals surface area contributed by atoms with E-state index >= 15 is 0 Å². The zero-order valence-electron chi connectivity index (χ0n) is 16.6. The number of amides is 3. The minimum Gasteiger partial charge on any atom is -0.322 e. The molecule has 3 N–H and O–H groups in total. The number of benzene rings is 1. The van der Waals surface area contributed by atoms with E-state index < -0.39 is 6.04 Å². The first-order valence-electron chi connectivity index (χ1n) is 10.7. The van der Waals surface area contributed by atoms with Gasteiger partial charge in [0.05, 0.1) is 0 Å². The van der Waals surface area contributed by atoms with Gasteiger partial charge in [0, 0.05) is 25.1 Å². The number of piperidine rings is 2. The van der Waals surface area contributed by atoms with Gasteiger partial charge in [-0.05, 0) is 73.8 Å². The van der Waals surface area contributed by atoms with Gasteiger partial charge in [-0.15, -0.1) is 0 Å². The second-order valence-corrected chi connectivity index (χ2v) is 8.99. The van der Waals surface area contributed by atoms with Crippen LogP contribution in [0.15, 0.2) is 18.2 Å². The molecule has 1 aliphatic carbocycles. The van der Waals surface area contributed by atoms with Gasteiger partial charge >= 0.3 is 0 Å². The number of nitrogens with zero attached hydrogens (tertiary/aromatic N) is 1. The summed E-state index contributed by atoms with van der Waals surface area (Å²) in [6, 6.07) is 5.28. The van der Waals surface area contributed by atoms with Gasteiger partial charge in [0.25, 0.3) is 5.91 Å². The minimum absolute atomic E-state index is 0.104. The molecule has 7 heteroatoms. The van der Waals surface area contributed by atoms with Gasteiger partial charge in [-0.1, -0.05) is 12.1 Å². The van der Waals surface area contributed by atoms with Crippen LogP contribution in [0.4, 0.5) is 0 Å². The fourth-order valence-electron chi connectivity index (χ4n) is 5.45. The zero-order chi connectivity index (χ0) is 20.0. The van der Waals surface area contributed by atoms with E-state index in [1.54, 1.807) is 4.90 Å². The Bertz CT molecular complexity index is 862. The average Bonchev–Trinajstić information content (AvgIpc) is 3.25. The average molecular weight is 396 g/mol. The number of nitrogens with one attached hydrogen (secondary N) is 3. The van der Waals surface area contributed by atoms with E-state index in [4.69, 9.17) is 0 Å². The van der Waals surface area contributed by atoms with Crippen molar-refractivity contribution in [2.75, 3.05) is 19.6 Å². The number of rotatable bonds is 5. The molecule has 3 amide bonds. The molecule has 4 aliphatic rings. The van der Waals surface area contributed by atoms with Gasteiger partial charge in [-0.2, -0.15) is 0 Å². The fraction of sp³-hybridized carbons (Fsp3) is 0.591. The van der Waals surface area contributed by atoms with E-state index in [9.17, 15) is 14.4 Å². The number of fused-ring (bicyclic) bond motifs is 1. The number of carbonyl (C=O) groups excluding carboxylic acids is 3. The maximum Gasteiger partial charge on any atom is 0.255 e. The topological polar surface area (TPSA) is 90.5 Å². The Balaban J connectivity index is 1.23. The summed E-state index contributed by atoms with van der Waals surface area (Å²) < 4.78 is 0. The Morgan fingerprint density at radius 3 is 2.79 bits per heavy atom. The monoisotopic (exact) mass is 396 g/mol. The van der Waals surface area contributed by atoms with E-state index in [2.05, 4.69) is 22.0 Å². The highest BCUT2D eigenvalue weighted by atomic mass is 16.2. The molecular formula is C22H28N4O3. The molecule has 1 aromatic carbocycles. The minimum atomic E-state index is -0.556. The number of hydrogen-bond acceptors (Lipinski definition) is 5. The van der Waals surface area contributed by atoms with Crippen molar-refractivity contribution in [1.29, 1.82) is 0 Å². The van der Waals surface area contributed by atoms with Gasteiger partial charge in [0.1, 0.15) is 6.04 Å². The lowest BCUT2D eigenvalue weighted by Crippen LogP contribution is -2.52. The van der Waals surface area contributed by atoms with E-state index in [1.807, 2.05) is 12.1 Å². The van der Waals surface area contributed by atoms with Gasteiger partial charge < -0.3 is 15.5 Å². The number of carbonyl (C=O) groups is 3. The van der Waals surface area contributed by atoms with Crippen molar-refractivity contribution in [1.82, 2.24) is 20.9 Å². The molecule has 0 bridgehead atoms. The predicted molar refractivity (Wildman–Crippen MR) is 107 cm³/mol. The summed E-state index contributed by atoms with van der Waals surface area (Å²) in [5, 5.41) is 9.42. The summed E-state index contributed by atoms with van der Waals surface area (Å²) >= 11 is 0. The quantitative estimate of drug-likeness (QED) is 0.644. The fourth-order valence-corrected chi connectivity index (χ4v) is 5.45. The van der Waals surface area contributed by atoms with Crippen molar-refractivity contribution in [2.45, 2.75) is 51.2 Å². The molecule has 5 rings (SSSR count). The SMILES string of the molecule is O=C1CCC(N2Cc3c(CNCC4CC45CCNCC5)cccc3C2=O)C(=O)N1. The Hall–Kier alpha value is -2.25. The highest BCUT2D eigenvalue weighted by Crippen LogP contribution is 2.58. The van der Waals surface area contributed by atoms with Crippen LogP contribution in [0.3, 0.4) is 0 Å². The molecule has 7 nitrogen and oxygen atoms in total. The number of hydrogen-bond donors (Lipinski definition) is 3. The largest absolute Gasteiger partial charge is 0.322 e. The summed E-state index contributed by atoms with van der Waals surface area (Å²) in [6.07, 6.45) is 4.58. The highest BCUT2D eigenvalue weighted by Gasteiger charge is 2.53. The molecule has 2 atom stereocenters. The molecule has 1 spiro atoms. The molecular weight excluding hydrogens is 368 g/mol. The highest BCUT2D eigenvalue weighted by molar-refractivity contribution is 6.05. The van der Waals surface area contributed by atoms with Crippen LogP contribution >= 0.6 is 0 Å². The lowest BCUT2D eigenvalue weighted by Gasteiger charge is -2.29. The lowest BCUT2D eigenvalue weighted by molar-refractivity contribution is -0.136. The first kappa shape index (κ1) is 18.8. The third-order valence-electron chi connectivity index (χ3n) is 7.34. The van der Waals surface area contributed by atoms with Crippen molar-refractivity contribution in [2.24, 2.45) is 11.3 Å². The molecule has 1 saturated carbocycles. The van der Waals surface area contributed by atoms with Crippen molar-refractivity contribution in [3.8, 4) is 0 Å². The Labute approximate surface area is 170 Å². The molecule has 1 aromatic rings. The van der Waals surface area contributed by atoms with Crippen LogP contribution in [0.25, 0.3) is 0 Å². The maximum atomic E-state index is 12.9. The standard InChI is InChI=1S/C22H28N4O3/c27-19-5-4-18(20(28)25-19)26-13-17-14(2-1-3-16(17)21(26)29)11-24-12-15-10-22(15)6-8-23-9-7-22/h1-3,15,18,23-24H,4-13H2,(H,25,27,28). The third kappa shape index (κ3) is 3.36. The molecule has 154 valence electrons. The summed E-state index contributed by atoms with van der Waals surface area (Å²) in [4.78, 5) is 38.2. The Kier molecular flexibility index (Phi) is 4.67. The zero-order valence-corrected chi connectivity index (χ0v) is 16.6. The maximum absolute atomic E-state index is 12.9. The molecule has 0 radical (unpaired) electrons. The molecule has 3 heterocycles. The summed E-state index contributed by atoms with van der Waals surface area (Å²) in [6.45, 7) is 4.48. The first-order valence-corrected chi connectivity index (χ1v) is 10.7. The molecule has 2 unspecified atom stereocenters. The van der Waals surface area contributed by atoms with Crippen LogP contribution in [0.5, 0.6) is 0 Å². The summed E-state index contributed by atoms with van der Waals surface area (Å²) in [5.74, 6) is 0.0464. The van der Waals surface area contributed by atoms with Gasteiger partial charge in [0.2, 0.25) is 11.8 Å². The van der Waals surface area contributed by atoms with Crippen LogP contribution in [0.2, 0.25) is 0 Å². The molecule has 2 saturated heterocycles. The van der Waals surface area contributed by atoms with Crippen molar-refractivity contribution in [3.63, 3.8) is 0 Å². The molecule has 3 aliphatic heterocycles. The summed E-state index contributed by atoms with van der Waals surface area (Å²) in [7, 11) is 0. The summed E-state index contributed by atoms with van der Waals surface area (Å²) in [5.41, 5.74) is 3.40. The third-order valence-corrected chi connectivity index (χ3v) is 7.34. The lowest BCUT2D eigenvalue weighted by atomic mass is 9.92. The van der Waals surface area contributed by atoms with Crippen LogP contribution in [0, 0.1) is 11.3 Å². The molecule has 29 heavy (non-hydrogen) atoms. The van der Waals surface area contributed by atoms with Crippen LogP contribution < -0.4 is 16.0 Å².